The summed E-state index contributed by atoms with van der Waals surface area (Å²) in [6, 6.07) is 20.8. The van der Waals surface area contributed by atoms with Crippen LogP contribution in [0, 0.1) is 12.8 Å². The number of aryl methyl sites for hydroxylation is 2. The van der Waals surface area contributed by atoms with Crippen LogP contribution in [0.3, 0.4) is 0 Å². The highest BCUT2D eigenvalue weighted by Gasteiger charge is 2.29. The van der Waals surface area contributed by atoms with E-state index in [1.807, 2.05) is 36.4 Å². The lowest BCUT2D eigenvalue weighted by atomic mass is 9.86. The molecule has 1 aliphatic carbocycles. The fourth-order valence-electron chi connectivity index (χ4n) is 5.66. The van der Waals surface area contributed by atoms with Gasteiger partial charge in [-0.2, -0.15) is 0 Å². The van der Waals surface area contributed by atoms with E-state index in [1.54, 1.807) is 19.1 Å². The van der Waals surface area contributed by atoms with Gasteiger partial charge >= 0.3 is 0 Å². The number of hydrogen-bond acceptors (Lipinski definition) is 5. The number of benzene rings is 3. The minimum atomic E-state index is -3.92. The van der Waals surface area contributed by atoms with Gasteiger partial charge in [0.05, 0.1) is 12.1 Å². The standard InChI is InChI=1S/C34H40ClN3O3S2/c1-21(2)23(4)36-20-24-13-15-28-26(17-24)11-8-12-30(28)37-33(39)19-31(25-9-6-5-7-10-25)38-43(40,41)34-22(3)29-18-27(35)14-16-32(29)42-34/h5-7,9-10,13-18,21,23,30-31,36,38H,8,11-12,19-20H2,1-4H3,(H,37,39)/t23-,30?,31-/m1/s1. The summed E-state index contributed by atoms with van der Waals surface area (Å²) < 4.78 is 31.4. The zero-order valence-electron chi connectivity index (χ0n) is 25.1. The molecule has 4 aromatic rings. The Labute approximate surface area is 264 Å². The number of hydrogen-bond donors (Lipinski definition) is 3. The van der Waals surface area contributed by atoms with Gasteiger partial charge in [0.2, 0.25) is 5.91 Å². The topological polar surface area (TPSA) is 87.3 Å². The van der Waals surface area contributed by atoms with E-state index in [4.69, 9.17) is 11.6 Å². The van der Waals surface area contributed by atoms with Gasteiger partial charge in [-0.05, 0) is 90.4 Å². The first-order chi connectivity index (χ1) is 20.5. The van der Waals surface area contributed by atoms with Crippen molar-refractivity contribution in [3.05, 3.63) is 99.6 Å². The van der Waals surface area contributed by atoms with Crippen LogP contribution >= 0.6 is 22.9 Å². The van der Waals surface area contributed by atoms with Gasteiger partial charge in [0, 0.05) is 28.7 Å². The molecule has 3 atom stereocenters. The molecule has 9 heteroatoms. The monoisotopic (exact) mass is 637 g/mol. The van der Waals surface area contributed by atoms with Crippen LogP contribution in [0.4, 0.5) is 0 Å². The maximum absolute atomic E-state index is 13.7. The molecule has 0 fully saturated rings. The molecule has 0 aliphatic heterocycles. The van der Waals surface area contributed by atoms with Crippen LogP contribution in [0.5, 0.6) is 0 Å². The van der Waals surface area contributed by atoms with Crippen molar-refractivity contribution in [3.63, 3.8) is 0 Å². The molecule has 1 heterocycles. The SMILES string of the molecule is Cc1c(S(=O)(=O)N[C@H](CC(=O)NC2CCCc3cc(CN[C@H](C)C(C)C)ccc32)c2ccccc2)sc2ccc(Cl)cc12. The van der Waals surface area contributed by atoms with Gasteiger partial charge in [-0.25, -0.2) is 13.1 Å². The summed E-state index contributed by atoms with van der Waals surface area (Å²) in [5.41, 5.74) is 5.05. The average Bonchev–Trinajstić information content (AvgIpc) is 3.32. The molecule has 43 heavy (non-hydrogen) atoms. The smallest absolute Gasteiger partial charge is 0.250 e. The lowest BCUT2D eigenvalue weighted by Gasteiger charge is -2.28. The zero-order valence-corrected chi connectivity index (χ0v) is 27.5. The first kappa shape index (κ1) is 31.7. The first-order valence-corrected chi connectivity index (χ1v) is 17.6. The van der Waals surface area contributed by atoms with E-state index >= 15 is 0 Å². The number of nitrogens with one attached hydrogen (secondary N) is 3. The quantitative estimate of drug-likeness (QED) is 0.158. The van der Waals surface area contributed by atoms with Crippen molar-refractivity contribution in [2.45, 2.75) is 82.3 Å². The van der Waals surface area contributed by atoms with E-state index in [0.29, 0.717) is 22.5 Å². The van der Waals surface area contributed by atoms with Crippen molar-refractivity contribution in [1.29, 1.82) is 0 Å². The van der Waals surface area contributed by atoms with Crippen molar-refractivity contribution < 1.29 is 13.2 Å². The molecule has 0 bridgehead atoms. The van der Waals surface area contributed by atoms with E-state index in [9.17, 15) is 13.2 Å². The normalized spacial score (nSPS) is 16.7. The third-order valence-corrected chi connectivity index (χ3v) is 12.1. The molecule has 6 nitrogen and oxygen atoms in total. The van der Waals surface area contributed by atoms with E-state index in [0.717, 1.165) is 47.0 Å². The predicted octanol–water partition coefficient (Wildman–Crippen LogP) is 7.60. The third kappa shape index (κ3) is 7.49. The Kier molecular flexibility index (Phi) is 9.93. The minimum absolute atomic E-state index is 0.0139. The Bertz CT molecular complexity index is 1700. The van der Waals surface area contributed by atoms with E-state index in [1.165, 1.54) is 22.5 Å². The number of carbonyl (C=O) groups is 1. The molecule has 1 unspecified atom stereocenters. The molecule has 3 aromatic carbocycles. The molecule has 0 saturated carbocycles. The van der Waals surface area contributed by atoms with Gasteiger partial charge in [0.1, 0.15) is 4.21 Å². The summed E-state index contributed by atoms with van der Waals surface area (Å²) in [7, 11) is -3.92. The molecule has 228 valence electrons. The van der Waals surface area contributed by atoms with E-state index in [-0.39, 0.29) is 22.6 Å². The van der Waals surface area contributed by atoms with Crippen molar-refractivity contribution in [1.82, 2.24) is 15.4 Å². The Hall–Kier alpha value is -2.75. The van der Waals surface area contributed by atoms with Gasteiger partial charge in [0.25, 0.3) is 10.0 Å². The van der Waals surface area contributed by atoms with Crippen LogP contribution in [0.25, 0.3) is 10.1 Å². The summed E-state index contributed by atoms with van der Waals surface area (Å²) in [4.78, 5) is 13.5. The van der Waals surface area contributed by atoms with Gasteiger partial charge < -0.3 is 10.6 Å². The first-order valence-electron chi connectivity index (χ1n) is 14.9. The third-order valence-electron chi connectivity index (χ3n) is 8.47. The van der Waals surface area contributed by atoms with Gasteiger partial charge in [-0.15, -0.1) is 11.3 Å². The van der Waals surface area contributed by atoms with Gasteiger partial charge in [-0.3, -0.25) is 4.79 Å². The average molecular weight is 638 g/mol. The Morgan fingerprint density at radius 1 is 1.05 bits per heavy atom. The number of sulfonamides is 1. The molecular formula is C34H40ClN3O3S2. The highest BCUT2D eigenvalue weighted by atomic mass is 35.5. The number of amides is 1. The lowest BCUT2D eigenvalue weighted by molar-refractivity contribution is -0.122. The van der Waals surface area contributed by atoms with Gasteiger partial charge in [-0.1, -0.05) is 74.0 Å². The molecule has 3 N–H and O–H groups in total. The number of fused-ring (bicyclic) bond motifs is 2. The highest BCUT2D eigenvalue weighted by Crippen LogP contribution is 2.36. The molecular weight excluding hydrogens is 598 g/mol. The maximum atomic E-state index is 13.7. The predicted molar refractivity (Wildman–Crippen MR) is 177 cm³/mol. The molecule has 0 spiro atoms. The fourth-order valence-corrected chi connectivity index (χ4v) is 8.82. The summed E-state index contributed by atoms with van der Waals surface area (Å²) in [5.74, 6) is 0.375. The lowest BCUT2D eigenvalue weighted by Crippen LogP contribution is -2.36. The largest absolute Gasteiger partial charge is 0.349 e. The van der Waals surface area contributed by atoms with Crippen LogP contribution in [-0.2, 0) is 27.8 Å². The minimum Gasteiger partial charge on any atom is -0.349 e. The van der Waals surface area contributed by atoms with E-state index < -0.39 is 16.1 Å². The van der Waals surface area contributed by atoms with Crippen molar-refractivity contribution in [2.75, 3.05) is 0 Å². The number of thiophene rings is 1. The second-order valence-electron chi connectivity index (χ2n) is 11.9. The van der Waals surface area contributed by atoms with E-state index in [2.05, 4.69) is 54.3 Å². The number of rotatable bonds is 11. The van der Waals surface area contributed by atoms with Crippen molar-refractivity contribution >= 4 is 49.0 Å². The van der Waals surface area contributed by atoms with Crippen LogP contribution < -0.4 is 15.4 Å². The summed E-state index contributed by atoms with van der Waals surface area (Å²) >= 11 is 7.39. The molecule has 1 amide bonds. The van der Waals surface area contributed by atoms with Crippen LogP contribution in [0.1, 0.15) is 79.9 Å². The van der Waals surface area contributed by atoms with Crippen molar-refractivity contribution in [3.8, 4) is 0 Å². The summed E-state index contributed by atoms with van der Waals surface area (Å²) in [5, 5.41) is 8.19. The Balaban J connectivity index is 1.32. The molecule has 1 aliphatic rings. The maximum Gasteiger partial charge on any atom is 0.250 e. The molecule has 1 aromatic heterocycles. The number of carbonyl (C=O) groups excluding carboxylic acids is 1. The van der Waals surface area contributed by atoms with Crippen LogP contribution in [-0.4, -0.2) is 20.4 Å². The summed E-state index contributed by atoms with van der Waals surface area (Å²) in [6.07, 6.45) is 2.81. The number of halogens is 1. The second kappa shape index (κ2) is 13.5. The molecule has 0 radical (unpaired) electrons. The molecule has 5 rings (SSSR count). The fraction of sp³-hybridized carbons (Fsp3) is 0.382. The summed E-state index contributed by atoms with van der Waals surface area (Å²) in [6.45, 7) is 9.24. The van der Waals surface area contributed by atoms with Crippen LogP contribution in [0.2, 0.25) is 5.02 Å². The zero-order chi connectivity index (χ0) is 30.7. The second-order valence-corrected chi connectivity index (χ2v) is 15.3. The Morgan fingerprint density at radius 3 is 2.56 bits per heavy atom. The van der Waals surface area contributed by atoms with Crippen molar-refractivity contribution in [2.24, 2.45) is 5.92 Å². The van der Waals surface area contributed by atoms with Gasteiger partial charge in [0.15, 0.2) is 0 Å². The van der Waals surface area contributed by atoms with Crippen LogP contribution in [0.15, 0.2) is 70.9 Å². The highest BCUT2D eigenvalue weighted by molar-refractivity contribution is 7.91. The molecule has 0 saturated heterocycles. The Morgan fingerprint density at radius 2 is 1.81 bits per heavy atom.